The molecular weight excluding hydrogens is 330 g/mol. The number of anilines is 1. The Labute approximate surface area is 153 Å². The van der Waals surface area contributed by atoms with Gasteiger partial charge in [0, 0.05) is 12.7 Å². The summed E-state index contributed by atoms with van der Waals surface area (Å²) in [4.78, 5) is 32.1. The highest BCUT2D eigenvalue weighted by Gasteiger charge is 2.36. The first-order valence-corrected chi connectivity index (χ1v) is 9.03. The third-order valence-electron chi connectivity index (χ3n) is 4.80. The van der Waals surface area contributed by atoms with Crippen molar-refractivity contribution in [3.8, 4) is 5.75 Å². The summed E-state index contributed by atoms with van der Waals surface area (Å²) in [5.41, 5.74) is 1.28. The maximum absolute atomic E-state index is 12.8. The van der Waals surface area contributed by atoms with Crippen LogP contribution < -0.4 is 9.64 Å². The summed E-state index contributed by atoms with van der Waals surface area (Å²) in [5.74, 6) is 0.450. The quantitative estimate of drug-likeness (QED) is 0.866. The van der Waals surface area contributed by atoms with Crippen molar-refractivity contribution < 1.29 is 14.3 Å². The zero-order valence-electron chi connectivity index (χ0n) is 15.3. The van der Waals surface area contributed by atoms with E-state index in [4.69, 9.17) is 4.74 Å². The second kappa shape index (κ2) is 8.08. The van der Waals surface area contributed by atoms with E-state index in [2.05, 4.69) is 11.9 Å². The number of carbonyl (C=O) groups excluding carboxylic acids is 2. The molecule has 1 fully saturated rings. The summed E-state index contributed by atoms with van der Waals surface area (Å²) in [6.45, 7) is 2.68. The van der Waals surface area contributed by atoms with E-state index >= 15 is 0 Å². The molecule has 1 atom stereocenters. The van der Waals surface area contributed by atoms with Gasteiger partial charge in [-0.1, -0.05) is 31.9 Å². The van der Waals surface area contributed by atoms with E-state index < -0.39 is 0 Å². The molecule has 0 saturated carbocycles. The van der Waals surface area contributed by atoms with Gasteiger partial charge in [0.15, 0.2) is 0 Å². The van der Waals surface area contributed by atoms with Crippen molar-refractivity contribution >= 4 is 17.5 Å². The summed E-state index contributed by atoms with van der Waals surface area (Å²) < 4.78 is 5.42. The standard InChI is InChI=1S/C20H25N3O3/c1-3-4-8-15-13-23(17-10-5-6-11-18(17)26-2)19(24)14-22(15)20(25)16-9-7-12-21-16/h5-7,9-12,15,21H,3-4,8,13-14H2,1-2H3. The van der Waals surface area contributed by atoms with Gasteiger partial charge in [-0.2, -0.15) is 0 Å². The number of amides is 2. The second-order valence-electron chi connectivity index (χ2n) is 6.49. The predicted molar refractivity (Wildman–Crippen MR) is 100 cm³/mol. The molecule has 138 valence electrons. The Morgan fingerprint density at radius 2 is 2.08 bits per heavy atom. The lowest BCUT2D eigenvalue weighted by atomic mass is 10.0. The fourth-order valence-corrected chi connectivity index (χ4v) is 3.40. The molecule has 2 heterocycles. The number of para-hydroxylation sites is 2. The molecule has 1 aliphatic rings. The minimum atomic E-state index is -0.121. The fraction of sp³-hybridized carbons (Fsp3) is 0.400. The number of nitrogens with one attached hydrogen (secondary N) is 1. The lowest BCUT2D eigenvalue weighted by molar-refractivity contribution is -0.121. The molecule has 2 aromatic rings. The molecule has 1 aromatic carbocycles. The highest BCUT2D eigenvalue weighted by molar-refractivity contribution is 6.02. The SMILES string of the molecule is CCCCC1CN(c2ccccc2OC)C(=O)CN1C(=O)c1ccc[nH]1. The summed E-state index contributed by atoms with van der Waals surface area (Å²) >= 11 is 0. The molecule has 0 spiro atoms. The van der Waals surface area contributed by atoms with Gasteiger partial charge in [0.05, 0.1) is 18.8 Å². The van der Waals surface area contributed by atoms with Gasteiger partial charge in [0.2, 0.25) is 5.91 Å². The highest BCUT2D eigenvalue weighted by Crippen LogP contribution is 2.31. The summed E-state index contributed by atoms with van der Waals surface area (Å²) in [7, 11) is 1.60. The molecule has 1 unspecified atom stereocenters. The van der Waals surface area contributed by atoms with Crippen LogP contribution in [0.1, 0.15) is 36.7 Å². The minimum absolute atomic E-state index is 0.0200. The van der Waals surface area contributed by atoms with Crippen LogP contribution in [-0.4, -0.2) is 47.9 Å². The zero-order valence-corrected chi connectivity index (χ0v) is 15.3. The van der Waals surface area contributed by atoms with Crippen molar-refractivity contribution in [2.24, 2.45) is 0 Å². The Kier molecular flexibility index (Phi) is 5.61. The summed E-state index contributed by atoms with van der Waals surface area (Å²) in [6.07, 6.45) is 4.64. The largest absolute Gasteiger partial charge is 0.495 e. The molecule has 3 rings (SSSR count). The molecule has 1 N–H and O–H groups in total. The monoisotopic (exact) mass is 355 g/mol. The maximum atomic E-state index is 12.8. The molecule has 1 aliphatic heterocycles. The topological polar surface area (TPSA) is 65.6 Å². The number of benzene rings is 1. The molecule has 6 nitrogen and oxygen atoms in total. The van der Waals surface area contributed by atoms with Gasteiger partial charge in [0.1, 0.15) is 18.0 Å². The average Bonchev–Trinajstić information content (AvgIpc) is 3.21. The summed E-state index contributed by atoms with van der Waals surface area (Å²) in [5, 5.41) is 0. The lowest BCUT2D eigenvalue weighted by Crippen LogP contribution is -2.58. The van der Waals surface area contributed by atoms with E-state index in [1.165, 1.54) is 0 Å². The van der Waals surface area contributed by atoms with E-state index in [0.717, 1.165) is 24.9 Å². The highest BCUT2D eigenvalue weighted by atomic mass is 16.5. The number of hydrogen-bond acceptors (Lipinski definition) is 3. The molecule has 1 saturated heterocycles. The number of nitrogens with zero attached hydrogens (tertiary/aromatic N) is 2. The smallest absolute Gasteiger partial charge is 0.271 e. The average molecular weight is 355 g/mol. The number of hydrogen-bond donors (Lipinski definition) is 1. The van der Waals surface area contributed by atoms with E-state index in [1.807, 2.05) is 24.3 Å². The zero-order chi connectivity index (χ0) is 18.5. The van der Waals surface area contributed by atoms with Gasteiger partial charge in [-0.25, -0.2) is 0 Å². The van der Waals surface area contributed by atoms with Crippen molar-refractivity contribution in [2.45, 2.75) is 32.2 Å². The van der Waals surface area contributed by atoms with Crippen LogP contribution in [0.3, 0.4) is 0 Å². The molecule has 0 bridgehead atoms. The normalized spacial score (nSPS) is 17.5. The van der Waals surface area contributed by atoms with Gasteiger partial charge in [-0.3, -0.25) is 9.59 Å². The summed E-state index contributed by atoms with van der Waals surface area (Å²) in [6, 6.07) is 11.0. The number of aromatic nitrogens is 1. The van der Waals surface area contributed by atoms with E-state index in [0.29, 0.717) is 18.0 Å². The van der Waals surface area contributed by atoms with Crippen LogP contribution in [0.2, 0.25) is 0 Å². The number of methoxy groups -OCH3 is 1. The molecule has 1 aromatic heterocycles. The minimum Gasteiger partial charge on any atom is -0.495 e. The maximum Gasteiger partial charge on any atom is 0.271 e. The van der Waals surface area contributed by atoms with Gasteiger partial charge in [0.25, 0.3) is 5.91 Å². The molecule has 0 radical (unpaired) electrons. The van der Waals surface area contributed by atoms with Crippen molar-refractivity contribution in [3.63, 3.8) is 0 Å². The second-order valence-corrected chi connectivity index (χ2v) is 6.49. The molecule has 2 amide bonds. The van der Waals surface area contributed by atoms with Crippen LogP contribution in [-0.2, 0) is 4.79 Å². The Bertz CT molecular complexity index is 757. The number of carbonyl (C=O) groups is 2. The van der Waals surface area contributed by atoms with Crippen molar-refractivity contribution in [3.05, 3.63) is 48.3 Å². The van der Waals surface area contributed by atoms with Crippen molar-refractivity contribution in [1.29, 1.82) is 0 Å². The number of ether oxygens (including phenoxy) is 1. The lowest BCUT2D eigenvalue weighted by Gasteiger charge is -2.41. The van der Waals surface area contributed by atoms with Gasteiger partial charge in [-0.05, 0) is 30.7 Å². The van der Waals surface area contributed by atoms with Crippen LogP contribution in [0.25, 0.3) is 0 Å². The number of piperazine rings is 1. The van der Waals surface area contributed by atoms with E-state index in [9.17, 15) is 9.59 Å². The third kappa shape index (κ3) is 3.59. The predicted octanol–water partition coefficient (Wildman–Crippen LogP) is 3.07. The van der Waals surface area contributed by atoms with Crippen molar-refractivity contribution in [2.75, 3.05) is 25.1 Å². The van der Waals surface area contributed by atoms with E-state index in [-0.39, 0.29) is 24.4 Å². The molecular formula is C20H25N3O3. The van der Waals surface area contributed by atoms with Gasteiger partial charge in [-0.15, -0.1) is 0 Å². The first kappa shape index (κ1) is 18.0. The van der Waals surface area contributed by atoms with Crippen LogP contribution in [0.5, 0.6) is 5.75 Å². The Balaban J connectivity index is 1.87. The first-order valence-electron chi connectivity index (χ1n) is 9.03. The molecule has 0 aliphatic carbocycles. The van der Waals surface area contributed by atoms with Crippen LogP contribution >= 0.6 is 0 Å². The number of unbranched alkanes of at least 4 members (excludes halogenated alkanes) is 1. The fourth-order valence-electron chi connectivity index (χ4n) is 3.40. The molecule has 6 heteroatoms. The third-order valence-corrected chi connectivity index (χ3v) is 4.80. The number of rotatable bonds is 6. The van der Waals surface area contributed by atoms with Crippen LogP contribution in [0, 0.1) is 0 Å². The number of aromatic amines is 1. The van der Waals surface area contributed by atoms with Gasteiger partial charge >= 0.3 is 0 Å². The first-order chi connectivity index (χ1) is 12.7. The van der Waals surface area contributed by atoms with Crippen LogP contribution in [0.15, 0.2) is 42.6 Å². The Hall–Kier alpha value is -2.76. The van der Waals surface area contributed by atoms with Crippen molar-refractivity contribution in [1.82, 2.24) is 9.88 Å². The Morgan fingerprint density at radius 1 is 1.27 bits per heavy atom. The van der Waals surface area contributed by atoms with Crippen LogP contribution in [0.4, 0.5) is 5.69 Å². The van der Waals surface area contributed by atoms with E-state index in [1.54, 1.807) is 35.2 Å². The Morgan fingerprint density at radius 3 is 2.77 bits per heavy atom. The molecule has 26 heavy (non-hydrogen) atoms. The van der Waals surface area contributed by atoms with Gasteiger partial charge < -0.3 is 19.5 Å². The number of H-pyrrole nitrogens is 1.